The summed E-state index contributed by atoms with van der Waals surface area (Å²) in [6.07, 6.45) is 3.81. The minimum atomic E-state index is -3.56. The molecule has 0 saturated heterocycles. The summed E-state index contributed by atoms with van der Waals surface area (Å²) in [6.45, 7) is -0.222. The molecule has 0 unspecified atom stereocenters. The van der Waals surface area contributed by atoms with Crippen LogP contribution in [0.4, 0.5) is 10.1 Å². The van der Waals surface area contributed by atoms with E-state index in [1.165, 1.54) is 53.4 Å². The number of anilines is 1. The maximum Gasteiger partial charge on any atom is 0.264 e. The molecular formula is C20H23FN2O4S. The molecule has 1 N–H and O–H groups in total. The number of sulfonamides is 1. The van der Waals surface area contributed by atoms with Gasteiger partial charge in [0.2, 0.25) is 10.0 Å². The zero-order valence-electron chi connectivity index (χ0n) is 15.6. The number of likely N-dealkylation sites (N-methyl/N-ethyl adjacent to an activating group) is 1. The van der Waals surface area contributed by atoms with Crippen LogP contribution in [0, 0.1) is 5.82 Å². The van der Waals surface area contributed by atoms with Gasteiger partial charge in [-0.15, -0.1) is 0 Å². The summed E-state index contributed by atoms with van der Waals surface area (Å²) in [6, 6.07) is 11.5. The average Bonchev–Trinajstić information content (AvgIpc) is 3.18. The van der Waals surface area contributed by atoms with Gasteiger partial charge in [-0.25, -0.2) is 17.5 Å². The molecule has 150 valence electrons. The predicted molar refractivity (Wildman–Crippen MR) is 104 cm³/mol. The van der Waals surface area contributed by atoms with Crippen LogP contribution in [0.5, 0.6) is 5.75 Å². The maximum atomic E-state index is 13.0. The summed E-state index contributed by atoms with van der Waals surface area (Å²) in [5.74, 6) is -0.301. The topological polar surface area (TPSA) is 75.7 Å². The third kappa shape index (κ3) is 5.08. The fraction of sp³-hybridized carbons (Fsp3) is 0.350. The Balaban J connectivity index is 1.56. The van der Waals surface area contributed by atoms with Crippen molar-refractivity contribution in [3.05, 3.63) is 54.3 Å². The molecule has 3 rings (SSSR count). The monoisotopic (exact) mass is 406 g/mol. The number of halogens is 1. The predicted octanol–water partition coefficient (Wildman–Crippen LogP) is 3.09. The summed E-state index contributed by atoms with van der Waals surface area (Å²) in [7, 11) is -1.98. The minimum absolute atomic E-state index is 0.000506. The quantitative estimate of drug-likeness (QED) is 0.767. The van der Waals surface area contributed by atoms with Gasteiger partial charge in [0.1, 0.15) is 11.6 Å². The van der Waals surface area contributed by atoms with E-state index >= 15 is 0 Å². The highest BCUT2D eigenvalue weighted by atomic mass is 32.2. The second kappa shape index (κ2) is 8.70. The molecule has 8 heteroatoms. The van der Waals surface area contributed by atoms with Crippen LogP contribution in [0.15, 0.2) is 53.4 Å². The molecule has 0 aliphatic heterocycles. The first-order valence-electron chi connectivity index (χ1n) is 9.12. The largest absolute Gasteiger partial charge is 0.484 e. The molecule has 1 saturated carbocycles. The summed E-state index contributed by atoms with van der Waals surface area (Å²) >= 11 is 0. The van der Waals surface area contributed by atoms with Crippen LogP contribution in [0.2, 0.25) is 0 Å². The maximum absolute atomic E-state index is 13.0. The van der Waals surface area contributed by atoms with Gasteiger partial charge in [-0.1, -0.05) is 12.8 Å². The Morgan fingerprint density at radius 2 is 1.71 bits per heavy atom. The van der Waals surface area contributed by atoms with E-state index in [1.807, 2.05) is 0 Å². The molecule has 1 aliphatic carbocycles. The summed E-state index contributed by atoms with van der Waals surface area (Å²) in [5, 5.41) is 0. The third-order valence-corrected chi connectivity index (χ3v) is 6.30. The van der Waals surface area contributed by atoms with Crippen molar-refractivity contribution in [1.82, 2.24) is 4.72 Å². The van der Waals surface area contributed by atoms with E-state index in [0.29, 0.717) is 11.4 Å². The Morgan fingerprint density at radius 3 is 2.32 bits per heavy atom. The van der Waals surface area contributed by atoms with Gasteiger partial charge in [0, 0.05) is 18.8 Å². The number of rotatable bonds is 7. The second-order valence-electron chi connectivity index (χ2n) is 6.79. The van der Waals surface area contributed by atoms with Gasteiger partial charge in [-0.05, 0) is 61.4 Å². The van der Waals surface area contributed by atoms with Crippen molar-refractivity contribution in [2.24, 2.45) is 0 Å². The van der Waals surface area contributed by atoms with Crippen LogP contribution in [-0.2, 0) is 14.8 Å². The Kier molecular flexibility index (Phi) is 6.31. The molecule has 1 amide bonds. The lowest BCUT2D eigenvalue weighted by atomic mass is 10.3. The van der Waals surface area contributed by atoms with E-state index in [0.717, 1.165) is 25.7 Å². The number of amides is 1. The first kappa shape index (κ1) is 20.3. The van der Waals surface area contributed by atoms with Gasteiger partial charge in [0.15, 0.2) is 6.61 Å². The third-order valence-electron chi connectivity index (χ3n) is 4.76. The van der Waals surface area contributed by atoms with Gasteiger partial charge in [-0.2, -0.15) is 0 Å². The van der Waals surface area contributed by atoms with Crippen molar-refractivity contribution in [1.29, 1.82) is 0 Å². The SMILES string of the molecule is CN(C(=O)COc1ccc(S(=O)(=O)NC2CCCC2)cc1)c1ccc(F)cc1. The van der Waals surface area contributed by atoms with Crippen molar-refractivity contribution in [2.45, 2.75) is 36.6 Å². The number of benzene rings is 2. The molecule has 6 nitrogen and oxygen atoms in total. The highest BCUT2D eigenvalue weighted by molar-refractivity contribution is 7.89. The van der Waals surface area contributed by atoms with E-state index in [2.05, 4.69) is 4.72 Å². The van der Waals surface area contributed by atoms with Crippen LogP contribution in [0.25, 0.3) is 0 Å². The Morgan fingerprint density at radius 1 is 1.11 bits per heavy atom. The number of ether oxygens (including phenoxy) is 1. The Labute approximate surface area is 164 Å². The lowest BCUT2D eigenvalue weighted by molar-refractivity contribution is -0.120. The highest BCUT2D eigenvalue weighted by Gasteiger charge is 2.22. The van der Waals surface area contributed by atoms with Crippen LogP contribution in [0.1, 0.15) is 25.7 Å². The first-order chi connectivity index (χ1) is 13.3. The van der Waals surface area contributed by atoms with E-state index in [-0.39, 0.29) is 29.3 Å². The molecule has 28 heavy (non-hydrogen) atoms. The summed E-state index contributed by atoms with van der Waals surface area (Å²) in [5.41, 5.74) is 0.550. The number of carbonyl (C=O) groups is 1. The number of nitrogens with one attached hydrogen (secondary N) is 1. The lowest BCUT2D eigenvalue weighted by Gasteiger charge is -2.17. The molecule has 0 heterocycles. The van der Waals surface area contributed by atoms with Gasteiger partial charge in [0.05, 0.1) is 4.90 Å². The van der Waals surface area contributed by atoms with E-state index in [4.69, 9.17) is 4.74 Å². The number of hydrogen-bond donors (Lipinski definition) is 1. The molecule has 0 aromatic heterocycles. The number of carbonyl (C=O) groups excluding carboxylic acids is 1. The van der Waals surface area contributed by atoms with Gasteiger partial charge in [-0.3, -0.25) is 4.79 Å². The molecule has 1 fully saturated rings. The highest BCUT2D eigenvalue weighted by Crippen LogP contribution is 2.22. The number of hydrogen-bond acceptors (Lipinski definition) is 4. The second-order valence-corrected chi connectivity index (χ2v) is 8.51. The Hall–Kier alpha value is -2.45. The van der Waals surface area contributed by atoms with Crippen molar-refractivity contribution in [3.63, 3.8) is 0 Å². The molecule has 1 aliphatic rings. The van der Waals surface area contributed by atoms with Gasteiger partial charge in [0.25, 0.3) is 5.91 Å². The van der Waals surface area contributed by atoms with Gasteiger partial charge >= 0.3 is 0 Å². The molecule has 0 spiro atoms. The van der Waals surface area contributed by atoms with E-state index in [1.54, 1.807) is 7.05 Å². The van der Waals surface area contributed by atoms with Crippen molar-refractivity contribution >= 4 is 21.6 Å². The fourth-order valence-electron chi connectivity index (χ4n) is 3.10. The zero-order valence-corrected chi connectivity index (χ0v) is 16.4. The molecule has 0 atom stereocenters. The molecule has 0 radical (unpaired) electrons. The van der Waals surface area contributed by atoms with Crippen LogP contribution < -0.4 is 14.4 Å². The number of nitrogens with zero attached hydrogens (tertiary/aromatic N) is 1. The summed E-state index contributed by atoms with van der Waals surface area (Å²) < 4.78 is 45.9. The molecule has 2 aromatic rings. The van der Waals surface area contributed by atoms with Crippen molar-refractivity contribution in [3.8, 4) is 5.75 Å². The first-order valence-corrected chi connectivity index (χ1v) is 10.6. The molecular weight excluding hydrogens is 383 g/mol. The molecule has 0 bridgehead atoms. The minimum Gasteiger partial charge on any atom is -0.484 e. The van der Waals surface area contributed by atoms with E-state index < -0.39 is 10.0 Å². The fourth-order valence-corrected chi connectivity index (χ4v) is 4.40. The average molecular weight is 406 g/mol. The van der Waals surface area contributed by atoms with Crippen LogP contribution in [0.3, 0.4) is 0 Å². The summed E-state index contributed by atoms with van der Waals surface area (Å²) in [4.78, 5) is 13.8. The van der Waals surface area contributed by atoms with Gasteiger partial charge < -0.3 is 9.64 Å². The van der Waals surface area contributed by atoms with Crippen LogP contribution in [-0.4, -0.2) is 34.0 Å². The zero-order chi connectivity index (χ0) is 20.1. The molecule has 2 aromatic carbocycles. The lowest BCUT2D eigenvalue weighted by Crippen LogP contribution is -2.32. The smallest absolute Gasteiger partial charge is 0.264 e. The van der Waals surface area contributed by atoms with Crippen molar-refractivity contribution in [2.75, 3.05) is 18.6 Å². The Bertz CT molecular complexity index is 908. The van der Waals surface area contributed by atoms with Crippen molar-refractivity contribution < 1.29 is 22.3 Å². The van der Waals surface area contributed by atoms with E-state index in [9.17, 15) is 17.6 Å². The normalized spacial score (nSPS) is 14.8. The van der Waals surface area contributed by atoms with Crippen LogP contribution >= 0.6 is 0 Å². The standard InChI is InChI=1S/C20H23FN2O4S/c1-23(17-8-6-15(21)7-9-17)20(24)14-27-18-10-12-19(13-11-18)28(25,26)22-16-4-2-3-5-16/h6-13,16,22H,2-5,14H2,1H3.